The molecule has 1 aromatic rings. The molecule has 5 heteroatoms. The summed E-state index contributed by atoms with van der Waals surface area (Å²) in [6.07, 6.45) is 0.355. The van der Waals surface area contributed by atoms with Gasteiger partial charge in [0.2, 0.25) is 5.91 Å². The van der Waals surface area contributed by atoms with Gasteiger partial charge in [-0.15, -0.1) is 11.3 Å². The summed E-state index contributed by atoms with van der Waals surface area (Å²) in [6.45, 7) is 7.76. The Hall–Kier alpha value is -1.10. The average Bonchev–Trinajstić information content (AvgIpc) is 2.60. The molecule has 90 valence electrons. The Kier molecular flexibility index (Phi) is 4.73. The summed E-state index contributed by atoms with van der Waals surface area (Å²) >= 11 is 1.38. The second-order valence-electron chi connectivity index (χ2n) is 4.18. The van der Waals surface area contributed by atoms with Crippen molar-refractivity contribution in [1.82, 2.24) is 9.88 Å². The standard InChI is InChI=1S/C11H19N3OS/c1-4-14(6-8(2)3)10(15)5-9-7-16-11(12)13-9/h7-8H,4-6H2,1-3H3,(H2,12,13). The molecule has 0 aromatic carbocycles. The minimum absolute atomic E-state index is 0.126. The van der Waals surface area contributed by atoms with Crippen molar-refractivity contribution < 1.29 is 4.79 Å². The Morgan fingerprint density at radius 2 is 2.31 bits per heavy atom. The topological polar surface area (TPSA) is 59.2 Å². The fraction of sp³-hybridized carbons (Fsp3) is 0.636. The van der Waals surface area contributed by atoms with Crippen LogP contribution in [-0.4, -0.2) is 28.9 Å². The number of nitrogens with zero attached hydrogens (tertiary/aromatic N) is 2. The molecular weight excluding hydrogens is 222 g/mol. The van der Waals surface area contributed by atoms with Gasteiger partial charge in [0.1, 0.15) is 0 Å². The molecule has 2 N–H and O–H groups in total. The minimum Gasteiger partial charge on any atom is -0.375 e. The molecule has 1 heterocycles. The van der Waals surface area contributed by atoms with Crippen LogP contribution < -0.4 is 5.73 Å². The second kappa shape index (κ2) is 5.84. The maximum Gasteiger partial charge on any atom is 0.228 e. The van der Waals surface area contributed by atoms with Gasteiger partial charge in [-0.3, -0.25) is 4.79 Å². The van der Waals surface area contributed by atoms with Crippen LogP contribution in [0.3, 0.4) is 0 Å². The van der Waals surface area contributed by atoms with Gasteiger partial charge in [0, 0.05) is 18.5 Å². The highest BCUT2D eigenvalue weighted by atomic mass is 32.1. The Morgan fingerprint density at radius 1 is 1.62 bits per heavy atom. The molecule has 1 rings (SSSR count). The van der Waals surface area contributed by atoms with E-state index in [0.29, 0.717) is 17.5 Å². The van der Waals surface area contributed by atoms with Crippen LogP contribution in [0.25, 0.3) is 0 Å². The number of nitrogen functional groups attached to an aromatic ring is 1. The van der Waals surface area contributed by atoms with Gasteiger partial charge < -0.3 is 10.6 Å². The van der Waals surface area contributed by atoms with E-state index in [1.54, 1.807) is 0 Å². The van der Waals surface area contributed by atoms with Crippen molar-refractivity contribution in [2.75, 3.05) is 18.8 Å². The first kappa shape index (κ1) is 13.0. The zero-order chi connectivity index (χ0) is 12.1. The molecule has 0 bridgehead atoms. The maximum absolute atomic E-state index is 11.9. The molecule has 1 aromatic heterocycles. The monoisotopic (exact) mass is 241 g/mol. The lowest BCUT2D eigenvalue weighted by Crippen LogP contribution is -2.35. The minimum atomic E-state index is 0.126. The summed E-state index contributed by atoms with van der Waals surface area (Å²) < 4.78 is 0. The first-order chi connectivity index (χ1) is 7.52. The number of rotatable bonds is 5. The number of carbonyl (C=O) groups excluding carboxylic acids is 1. The van der Waals surface area contributed by atoms with Crippen molar-refractivity contribution in [3.8, 4) is 0 Å². The molecule has 0 aliphatic rings. The fourth-order valence-corrected chi connectivity index (χ4v) is 2.08. The lowest BCUT2D eigenvalue weighted by Gasteiger charge is -2.22. The fourth-order valence-electron chi connectivity index (χ4n) is 1.52. The highest BCUT2D eigenvalue weighted by molar-refractivity contribution is 7.13. The Morgan fingerprint density at radius 3 is 2.75 bits per heavy atom. The number of hydrogen-bond acceptors (Lipinski definition) is 4. The van der Waals surface area contributed by atoms with Crippen molar-refractivity contribution in [1.29, 1.82) is 0 Å². The van der Waals surface area contributed by atoms with E-state index in [9.17, 15) is 4.79 Å². The van der Waals surface area contributed by atoms with Crippen molar-refractivity contribution in [2.45, 2.75) is 27.2 Å². The lowest BCUT2D eigenvalue weighted by molar-refractivity contribution is -0.130. The van der Waals surface area contributed by atoms with Gasteiger partial charge >= 0.3 is 0 Å². The van der Waals surface area contributed by atoms with Crippen LogP contribution >= 0.6 is 11.3 Å². The molecule has 0 fully saturated rings. The van der Waals surface area contributed by atoms with Gasteiger partial charge in [0.25, 0.3) is 0 Å². The van der Waals surface area contributed by atoms with Crippen molar-refractivity contribution in [3.63, 3.8) is 0 Å². The van der Waals surface area contributed by atoms with Crippen LogP contribution in [0.1, 0.15) is 26.5 Å². The van der Waals surface area contributed by atoms with E-state index < -0.39 is 0 Å². The number of anilines is 1. The van der Waals surface area contributed by atoms with E-state index in [0.717, 1.165) is 18.8 Å². The Balaban J connectivity index is 2.55. The molecule has 1 amide bonds. The normalized spacial score (nSPS) is 10.8. The average molecular weight is 241 g/mol. The van der Waals surface area contributed by atoms with Crippen LogP contribution in [0.5, 0.6) is 0 Å². The third-order valence-electron chi connectivity index (χ3n) is 2.22. The lowest BCUT2D eigenvalue weighted by atomic mass is 10.2. The van der Waals surface area contributed by atoms with E-state index in [4.69, 9.17) is 5.73 Å². The number of likely N-dealkylation sites (N-methyl/N-ethyl adjacent to an activating group) is 1. The van der Waals surface area contributed by atoms with Crippen LogP contribution in [0.4, 0.5) is 5.13 Å². The number of carbonyl (C=O) groups is 1. The van der Waals surface area contributed by atoms with E-state index in [2.05, 4.69) is 18.8 Å². The predicted octanol–water partition coefficient (Wildman–Crippen LogP) is 1.77. The largest absolute Gasteiger partial charge is 0.375 e. The number of hydrogen-bond donors (Lipinski definition) is 1. The number of thiazole rings is 1. The highest BCUT2D eigenvalue weighted by Crippen LogP contribution is 2.12. The molecule has 0 radical (unpaired) electrons. The van der Waals surface area contributed by atoms with E-state index in [1.807, 2.05) is 17.2 Å². The summed E-state index contributed by atoms with van der Waals surface area (Å²) in [5.74, 6) is 0.617. The summed E-state index contributed by atoms with van der Waals surface area (Å²) in [5, 5.41) is 2.37. The summed E-state index contributed by atoms with van der Waals surface area (Å²) in [6, 6.07) is 0. The Labute approximate surface area is 100 Å². The summed E-state index contributed by atoms with van der Waals surface area (Å²) in [5.41, 5.74) is 6.30. The smallest absolute Gasteiger partial charge is 0.228 e. The van der Waals surface area contributed by atoms with Crippen LogP contribution in [0.2, 0.25) is 0 Å². The quantitative estimate of drug-likeness (QED) is 0.854. The van der Waals surface area contributed by atoms with Crippen LogP contribution in [0.15, 0.2) is 5.38 Å². The summed E-state index contributed by atoms with van der Waals surface area (Å²) in [7, 11) is 0. The van der Waals surface area contributed by atoms with Crippen molar-refractivity contribution in [3.05, 3.63) is 11.1 Å². The number of nitrogens with two attached hydrogens (primary N) is 1. The van der Waals surface area contributed by atoms with Crippen molar-refractivity contribution in [2.24, 2.45) is 5.92 Å². The van der Waals surface area contributed by atoms with E-state index >= 15 is 0 Å². The van der Waals surface area contributed by atoms with Crippen molar-refractivity contribution >= 4 is 22.4 Å². The van der Waals surface area contributed by atoms with Gasteiger partial charge in [0.05, 0.1) is 12.1 Å². The van der Waals surface area contributed by atoms with Crippen LogP contribution in [-0.2, 0) is 11.2 Å². The van der Waals surface area contributed by atoms with Gasteiger partial charge in [-0.25, -0.2) is 4.98 Å². The van der Waals surface area contributed by atoms with E-state index in [1.165, 1.54) is 11.3 Å². The van der Waals surface area contributed by atoms with Gasteiger partial charge in [-0.05, 0) is 12.8 Å². The first-order valence-electron chi connectivity index (χ1n) is 5.50. The molecule has 16 heavy (non-hydrogen) atoms. The number of aromatic nitrogens is 1. The SMILES string of the molecule is CCN(CC(C)C)C(=O)Cc1csc(N)n1. The van der Waals surface area contributed by atoms with Gasteiger partial charge in [-0.2, -0.15) is 0 Å². The van der Waals surface area contributed by atoms with E-state index in [-0.39, 0.29) is 5.91 Å². The molecule has 0 atom stereocenters. The molecule has 0 aliphatic carbocycles. The predicted molar refractivity (Wildman–Crippen MR) is 67.3 cm³/mol. The second-order valence-corrected chi connectivity index (χ2v) is 5.07. The van der Waals surface area contributed by atoms with Gasteiger partial charge in [0.15, 0.2) is 5.13 Å². The number of amides is 1. The molecule has 0 saturated carbocycles. The zero-order valence-corrected chi connectivity index (χ0v) is 10.9. The summed E-state index contributed by atoms with van der Waals surface area (Å²) in [4.78, 5) is 17.9. The molecule has 0 unspecified atom stereocenters. The highest BCUT2D eigenvalue weighted by Gasteiger charge is 2.14. The molecule has 4 nitrogen and oxygen atoms in total. The molecule has 0 spiro atoms. The molecular formula is C11H19N3OS. The third kappa shape index (κ3) is 3.81. The molecule has 0 saturated heterocycles. The van der Waals surface area contributed by atoms with Crippen LogP contribution in [0, 0.1) is 5.92 Å². The zero-order valence-electron chi connectivity index (χ0n) is 10.1. The third-order valence-corrected chi connectivity index (χ3v) is 2.94. The first-order valence-corrected chi connectivity index (χ1v) is 6.38. The maximum atomic E-state index is 11.9. The molecule has 0 aliphatic heterocycles. The van der Waals surface area contributed by atoms with Gasteiger partial charge in [-0.1, -0.05) is 13.8 Å². The Bertz CT molecular complexity index is 349.